The minimum absolute atomic E-state index is 0.133. The van der Waals surface area contributed by atoms with Crippen LogP contribution >= 0.6 is 11.6 Å². The number of carbonyl (C=O) groups is 1. The zero-order valence-electron chi connectivity index (χ0n) is 8.55. The first-order valence-electron chi connectivity index (χ1n) is 4.44. The molecule has 0 aromatic carbocycles. The summed E-state index contributed by atoms with van der Waals surface area (Å²) in [6.07, 6.45) is 0. The van der Waals surface area contributed by atoms with E-state index in [0.717, 1.165) is 0 Å². The van der Waals surface area contributed by atoms with Crippen LogP contribution in [0.4, 0.5) is 15.9 Å². The molecule has 0 spiro atoms. The van der Waals surface area contributed by atoms with Crippen LogP contribution in [0.15, 0.2) is 12.1 Å². The molecule has 0 fully saturated rings. The van der Waals surface area contributed by atoms with Crippen LogP contribution in [0.5, 0.6) is 0 Å². The first-order chi connectivity index (χ1) is 7.09. The number of hydrogen-bond acceptors (Lipinski definition) is 4. The number of nitrogens with zero attached hydrogens (tertiary/aromatic N) is 1. The van der Waals surface area contributed by atoms with Crippen LogP contribution < -0.4 is 11.1 Å². The second kappa shape index (κ2) is 7.00. The van der Waals surface area contributed by atoms with E-state index in [1.54, 1.807) is 0 Å². The van der Waals surface area contributed by atoms with E-state index in [9.17, 15) is 9.18 Å². The van der Waals surface area contributed by atoms with Gasteiger partial charge in [0.1, 0.15) is 17.5 Å². The van der Waals surface area contributed by atoms with Crippen LogP contribution in [0.25, 0.3) is 0 Å². The van der Waals surface area contributed by atoms with Crippen molar-refractivity contribution in [3.8, 4) is 0 Å². The predicted molar refractivity (Wildman–Crippen MR) is 59.6 cm³/mol. The smallest absolute Gasteiger partial charge is 0.320 e. The van der Waals surface area contributed by atoms with Crippen molar-refractivity contribution in [1.82, 2.24) is 4.98 Å². The summed E-state index contributed by atoms with van der Waals surface area (Å²) in [4.78, 5) is 13.7. The van der Waals surface area contributed by atoms with Crippen LogP contribution in [0, 0.1) is 0 Å². The molecule has 1 rings (SSSR count). The summed E-state index contributed by atoms with van der Waals surface area (Å²) < 4.78 is 11.8. The van der Waals surface area contributed by atoms with Crippen molar-refractivity contribution in [2.45, 2.75) is 13.8 Å². The second-order valence-corrected chi connectivity index (χ2v) is 2.66. The molecule has 0 saturated heterocycles. The second-order valence-electron chi connectivity index (χ2n) is 2.28. The molecule has 3 N–H and O–H groups in total. The number of nitrogens with two attached hydrogens (primary N) is 1. The van der Waals surface area contributed by atoms with Gasteiger partial charge in [0.2, 0.25) is 0 Å². The monoisotopic (exact) mass is 233 g/mol. The number of hydrogen-bond donors (Lipinski definition) is 2. The van der Waals surface area contributed by atoms with Crippen molar-refractivity contribution in [2.75, 3.05) is 17.6 Å². The molecule has 0 unspecified atom stereocenters. The van der Waals surface area contributed by atoms with Crippen molar-refractivity contribution in [3.05, 3.63) is 17.3 Å². The molecule has 84 valence electrons. The Hall–Kier alpha value is -1.36. The number of nitrogen functional groups attached to an aromatic ring is 1. The molecule has 0 saturated carbocycles. The molecule has 1 heterocycles. The Morgan fingerprint density at radius 3 is 2.67 bits per heavy atom. The van der Waals surface area contributed by atoms with Crippen molar-refractivity contribution in [1.29, 1.82) is 0 Å². The summed E-state index contributed by atoms with van der Waals surface area (Å²) in [6.45, 7) is 3.58. The molecule has 0 radical (unpaired) electrons. The van der Waals surface area contributed by atoms with E-state index in [2.05, 4.69) is 10.3 Å². The average molecular weight is 234 g/mol. The molecule has 4 nitrogen and oxygen atoms in total. The van der Waals surface area contributed by atoms with Gasteiger partial charge in [-0.3, -0.25) is 4.79 Å². The Balaban J connectivity index is 0.000000921. The first kappa shape index (κ1) is 13.6. The number of halogens is 2. The Morgan fingerprint density at radius 2 is 2.20 bits per heavy atom. The van der Waals surface area contributed by atoms with Gasteiger partial charge in [0.25, 0.3) is 0 Å². The zero-order chi connectivity index (χ0) is 11.8. The van der Waals surface area contributed by atoms with Gasteiger partial charge < -0.3 is 11.1 Å². The largest absolute Gasteiger partial charge is 0.382 e. The SMILES string of the molecule is CC.Nc1nc(Cl)ccc1NCC(=O)F. The van der Waals surface area contributed by atoms with Gasteiger partial charge in [-0.1, -0.05) is 25.4 Å². The fourth-order valence-corrected chi connectivity index (χ4v) is 0.918. The summed E-state index contributed by atoms with van der Waals surface area (Å²) in [5.41, 5.74) is 5.80. The molecule has 0 amide bonds. The Morgan fingerprint density at radius 1 is 1.60 bits per heavy atom. The maximum absolute atomic E-state index is 11.8. The topological polar surface area (TPSA) is 68.0 Å². The van der Waals surface area contributed by atoms with E-state index < -0.39 is 12.6 Å². The van der Waals surface area contributed by atoms with Crippen molar-refractivity contribution < 1.29 is 9.18 Å². The third kappa shape index (κ3) is 5.17. The molecular formula is C9H13ClFN3O. The normalized spacial score (nSPS) is 8.80. The Kier molecular flexibility index (Phi) is 6.37. The fraction of sp³-hybridized carbons (Fsp3) is 0.333. The summed E-state index contributed by atoms with van der Waals surface area (Å²) >= 11 is 5.52. The van der Waals surface area contributed by atoms with Crippen LogP contribution in [0.1, 0.15) is 13.8 Å². The van der Waals surface area contributed by atoms with Crippen LogP contribution in [0.2, 0.25) is 5.15 Å². The van der Waals surface area contributed by atoms with Gasteiger partial charge in [0.15, 0.2) is 0 Å². The van der Waals surface area contributed by atoms with E-state index in [4.69, 9.17) is 17.3 Å². The lowest BCUT2D eigenvalue weighted by molar-refractivity contribution is -0.127. The van der Waals surface area contributed by atoms with E-state index in [-0.39, 0.29) is 11.0 Å². The number of anilines is 2. The molecule has 1 aromatic heterocycles. The van der Waals surface area contributed by atoms with Gasteiger partial charge in [-0.25, -0.2) is 4.98 Å². The summed E-state index contributed by atoms with van der Waals surface area (Å²) in [5.74, 6) is 0.133. The van der Waals surface area contributed by atoms with Crippen molar-refractivity contribution in [3.63, 3.8) is 0 Å². The molecule has 1 aromatic rings. The van der Waals surface area contributed by atoms with Crippen LogP contribution in [0.3, 0.4) is 0 Å². The lowest BCUT2D eigenvalue weighted by atomic mass is 10.4. The third-order valence-electron chi connectivity index (χ3n) is 1.31. The third-order valence-corrected chi connectivity index (χ3v) is 1.52. The molecule has 0 atom stereocenters. The zero-order valence-corrected chi connectivity index (χ0v) is 9.31. The van der Waals surface area contributed by atoms with Gasteiger partial charge >= 0.3 is 6.04 Å². The van der Waals surface area contributed by atoms with Gasteiger partial charge in [-0.2, -0.15) is 4.39 Å². The number of rotatable bonds is 3. The van der Waals surface area contributed by atoms with Gasteiger partial charge in [-0.15, -0.1) is 0 Å². The number of nitrogens with one attached hydrogen (secondary N) is 1. The molecular weight excluding hydrogens is 221 g/mol. The van der Waals surface area contributed by atoms with Crippen molar-refractivity contribution >= 4 is 29.1 Å². The van der Waals surface area contributed by atoms with Gasteiger partial charge in [0, 0.05) is 0 Å². The van der Waals surface area contributed by atoms with Gasteiger partial charge in [0.05, 0.1) is 5.69 Å². The fourth-order valence-electron chi connectivity index (χ4n) is 0.764. The van der Waals surface area contributed by atoms with Crippen LogP contribution in [-0.2, 0) is 4.79 Å². The molecule has 0 aliphatic heterocycles. The van der Waals surface area contributed by atoms with Crippen molar-refractivity contribution in [2.24, 2.45) is 0 Å². The Labute approximate surface area is 92.6 Å². The highest BCUT2D eigenvalue weighted by Crippen LogP contribution is 2.17. The highest BCUT2D eigenvalue weighted by Gasteiger charge is 2.02. The quantitative estimate of drug-likeness (QED) is 0.621. The minimum atomic E-state index is -1.46. The first-order valence-corrected chi connectivity index (χ1v) is 4.81. The lowest BCUT2D eigenvalue weighted by Crippen LogP contribution is -2.10. The van der Waals surface area contributed by atoms with Gasteiger partial charge in [-0.05, 0) is 12.1 Å². The Bertz CT molecular complexity index is 333. The summed E-state index contributed by atoms with van der Waals surface area (Å²) in [5, 5.41) is 2.71. The number of carbonyl (C=O) groups excluding carboxylic acids is 1. The molecule has 6 heteroatoms. The summed E-state index contributed by atoms with van der Waals surface area (Å²) in [6, 6.07) is 1.55. The summed E-state index contributed by atoms with van der Waals surface area (Å²) in [7, 11) is 0. The number of pyridine rings is 1. The number of aromatic nitrogens is 1. The molecule has 0 aliphatic rings. The van der Waals surface area contributed by atoms with E-state index >= 15 is 0 Å². The van der Waals surface area contributed by atoms with Crippen LogP contribution in [-0.4, -0.2) is 17.6 Å². The molecule has 0 bridgehead atoms. The molecule has 0 aliphatic carbocycles. The lowest BCUT2D eigenvalue weighted by Gasteiger charge is -2.05. The predicted octanol–water partition coefficient (Wildman–Crippen LogP) is 2.25. The maximum atomic E-state index is 11.8. The highest BCUT2D eigenvalue weighted by atomic mass is 35.5. The minimum Gasteiger partial charge on any atom is -0.382 e. The molecule has 15 heavy (non-hydrogen) atoms. The van der Waals surface area contributed by atoms with E-state index in [1.165, 1.54) is 12.1 Å². The van der Waals surface area contributed by atoms with E-state index in [1.807, 2.05) is 13.8 Å². The average Bonchev–Trinajstić information content (AvgIpc) is 2.19. The highest BCUT2D eigenvalue weighted by molar-refractivity contribution is 6.29. The standard InChI is InChI=1S/C7H7ClFN3O.C2H6/c8-5-2-1-4(7(10)12-5)11-3-6(9)13;1-2/h1-2,11H,3H2,(H2,10,12);1-2H3. The van der Waals surface area contributed by atoms with E-state index in [0.29, 0.717) is 5.69 Å². The maximum Gasteiger partial charge on any atom is 0.320 e.